The van der Waals surface area contributed by atoms with Crippen molar-refractivity contribution in [3.05, 3.63) is 24.3 Å². The monoisotopic (exact) mass is 580 g/mol. The van der Waals surface area contributed by atoms with Gasteiger partial charge >= 0.3 is 0 Å². The van der Waals surface area contributed by atoms with Gasteiger partial charge in [0.25, 0.3) is 20.2 Å². The van der Waals surface area contributed by atoms with Crippen molar-refractivity contribution in [2.75, 3.05) is 73.4 Å². The first kappa shape index (κ1) is 28.9. The molecule has 2 heterocycles. The standard InChI is InChI=1S/C18H28N8O8S3/c1-35(27,28)20-5-7-25-8-10-26(11-9-25)18-23-16(19-6-12-36(29,30)31)22-17(24-18)21-14-3-2-4-15(13-14)37(32,33)34/h2-4,13,20H,5-12H2,1H3,(H,29,30,31)(H,32,33,34)(H2,19,21,22,23,24). The number of piperazine rings is 1. The Bertz CT molecular complexity index is 1410. The molecular formula is C18H28N8O8S3. The summed E-state index contributed by atoms with van der Waals surface area (Å²) in [6.45, 7) is 2.83. The number of nitrogens with zero attached hydrogens (tertiary/aromatic N) is 5. The van der Waals surface area contributed by atoms with Gasteiger partial charge in [0.05, 0.1) is 16.9 Å². The lowest BCUT2D eigenvalue weighted by Gasteiger charge is -2.34. The second-order valence-corrected chi connectivity index (χ2v) is 12.9. The zero-order valence-electron chi connectivity index (χ0n) is 19.8. The van der Waals surface area contributed by atoms with Crippen LogP contribution in [-0.2, 0) is 30.3 Å². The molecule has 3 rings (SSSR count). The molecule has 0 unspecified atom stereocenters. The topological polar surface area (TPSA) is 224 Å². The lowest BCUT2D eigenvalue weighted by molar-refractivity contribution is 0.261. The molecule has 16 nitrogen and oxygen atoms in total. The number of hydrogen-bond donors (Lipinski definition) is 5. The van der Waals surface area contributed by atoms with E-state index in [1.165, 1.54) is 24.3 Å². The molecule has 1 saturated heterocycles. The van der Waals surface area contributed by atoms with Crippen molar-refractivity contribution < 1.29 is 34.4 Å². The largest absolute Gasteiger partial charge is 0.353 e. The predicted octanol–water partition coefficient (Wildman–Crippen LogP) is -1.17. The van der Waals surface area contributed by atoms with E-state index in [2.05, 4.69) is 35.2 Å². The van der Waals surface area contributed by atoms with E-state index in [-0.39, 0.29) is 41.5 Å². The molecule has 1 aliphatic rings. The van der Waals surface area contributed by atoms with Gasteiger partial charge in [-0.25, -0.2) is 13.1 Å². The third kappa shape index (κ3) is 9.95. The Balaban J connectivity index is 1.76. The summed E-state index contributed by atoms with van der Waals surface area (Å²) in [5, 5.41) is 5.56. The molecule has 0 aliphatic carbocycles. The molecule has 19 heteroatoms. The maximum absolute atomic E-state index is 11.5. The summed E-state index contributed by atoms with van der Waals surface area (Å²) in [7, 11) is -11.9. The van der Waals surface area contributed by atoms with Gasteiger partial charge in [0, 0.05) is 51.5 Å². The van der Waals surface area contributed by atoms with Crippen LogP contribution in [0, 0.1) is 0 Å². The highest BCUT2D eigenvalue weighted by molar-refractivity contribution is 7.88. The fourth-order valence-corrected chi connectivity index (χ4v) is 4.71. The van der Waals surface area contributed by atoms with Crippen molar-refractivity contribution in [1.29, 1.82) is 0 Å². The Labute approximate surface area is 215 Å². The van der Waals surface area contributed by atoms with Crippen LogP contribution in [0.15, 0.2) is 29.2 Å². The van der Waals surface area contributed by atoms with E-state index >= 15 is 0 Å². The molecule has 2 aromatic rings. The van der Waals surface area contributed by atoms with Gasteiger partial charge in [-0.2, -0.15) is 31.8 Å². The highest BCUT2D eigenvalue weighted by Gasteiger charge is 2.21. The Morgan fingerprint density at radius 2 is 1.59 bits per heavy atom. The number of benzene rings is 1. The van der Waals surface area contributed by atoms with Crippen LogP contribution in [-0.4, -0.2) is 112 Å². The number of anilines is 4. The van der Waals surface area contributed by atoms with Gasteiger partial charge in [-0.3, -0.25) is 14.0 Å². The van der Waals surface area contributed by atoms with Crippen molar-refractivity contribution in [2.45, 2.75) is 4.90 Å². The summed E-state index contributed by atoms with van der Waals surface area (Å²) in [5.41, 5.74) is 0.263. The van der Waals surface area contributed by atoms with E-state index in [0.717, 1.165) is 6.26 Å². The first-order chi connectivity index (χ1) is 17.2. The minimum absolute atomic E-state index is 0.0156. The average Bonchev–Trinajstić information content (AvgIpc) is 2.77. The Kier molecular flexibility index (Phi) is 9.21. The molecule has 0 amide bonds. The predicted molar refractivity (Wildman–Crippen MR) is 136 cm³/mol. The molecule has 5 N–H and O–H groups in total. The maximum Gasteiger partial charge on any atom is 0.294 e. The van der Waals surface area contributed by atoms with E-state index in [1.807, 2.05) is 4.90 Å². The van der Waals surface area contributed by atoms with E-state index in [0.29, 0.717) is 32.7 Å². The molecule has 0 spiro atoms. The molecule has 0 bridgehead atoms. The van der Waals surface area contributed by atoms with Crippen LogP contribution in [0.25, 0.3) is 0 Å². The average molecular weight is 581 g/mol. The molecule has 1 aromatic carbocycles. The first-order valence-corrected chi connectivity index (χ1v) is 15.8. The molecule has 37 heavy (non-hydrogen) atoms. The van der Waals surface area contributed by atoms with Crippen LogP contribution in [0.2, 0.25) is 0 Å². The van der Waals surface area contributed by atoms with Crippen LogP contribution in [0.1, 0.15) is 0 Å². The van der Waals surface area contributed by atoms with Crippen LogP contribution in [0.3, 0.4) is 0 Å². The van der Waals surface area contributed by atoms with Gasteiger partial charge < -0.3 is 15.5 Å². The fourth-order valence-electron chi connectivity index (χ4n) is 3.36. The van der Waals surface area contributed by atoms with Crippen molar-refractivity contribution >= 4 is 53.8 Å². The maximum atomic E-state index is 11.5. The van der Waals surface area contributed by atoms with Gasteiger partial charge in [0.1, 0.15) is 0 Å². The number of sulfonamides is 1. The molecule has 1 aromatic heterocycles. The number of hydrogen-bond acceptors (Lipinski definition) is 13. The van der Waals surface area contributed by atoms with E-state index in [9.17, 15) is 29.8 Å². The Morgan fingerprint density at radius 1 is 0.919 bits per heavy atom. The van der Waals surface area contributed by atoms with Crippen LogP contribution in [0.4, 0.5) is 23.5 Å². The molecular weight excluding hydrogens is 552 g/mol. The fraction of sp³-hybridized carbons (Fsp3) is 0.500. The summed E-state index contributed by atoms with van der Waals surface area (Å²) >= 11 is 0. The normalized spacial score (nSPS) is 15.5. The van der Waals surface area contributed by atoms with Crippen molar-refractivity contribution in [3.63, 3.8) is 0 Å². The highest BCUT2D eigenvalue weighted by Crippen LogP contribution is 2.21. The van der Waals surface area contributed by atoms with Crippen LogP contribution < -0.4 is 20.3 Å². The van der Waals surface area contributed by atoms with Gasteiger partial charge in [0.15, 0.2) is 0 Å². The van der Waals surface area contributed by atoms with Crippen LogP contribution >= 0.6 is 0 Å². The SMILES string of the molecule is CS(=O)(=O)NCCN1CCN(c2nc(NCCS(=O)(=O)O)nc(Nc3cccc(S(=O)(=O)O)c3)n2)CC1. The lowest BCUT2D eigenvalue weighted by Crippen LogP contribution is -2.49. The Hall–Kier alpha value is -2.68. The molecule has 1 aliphatic heterocycles. The second kappa shape index (κ2) is 11.8. The summed E-state index contributed by atoms with van der Waals surface area (Å²) in [4.78, 5) is 16.5. The van der Waals surface area contributed by atoms with Gasteiger partial charge in [0.2, 0.25) is 27.9 Å². The molecule has 206 valence electrons. The first-order valence-electron chi connectivity index (χ1n) is 10.9. The summed E-state index contributed by atoms with van der Waals surface area (Å²) in [6, 6.07) is 5.35. The lowest BCUT2D eigenvalue weighted by atomic mass is 10.3. The minimum atomic E-state index is -4.43. The van der Waals surface area contributed by atoms with E-state index < -0.39 is 36.0 Å². The number of rotatable bonds is 12. The van der Waals surface area contributed by atoms with E-state index in [4.69, 9.17) is 4.55 Å². The third-order valence-corrected chi connectivity index (χ3v) is 7.40. The Morgan fingerprint density at radius 3 is 2.22 bits per heavy atom. The third-order valence-electron chi connectivity index (χ3n) is 5.10. The van der Waals surface area contributed by atoms with E-state index in [1.54, 1.807) is 0 Å². The highest BCUT2D eigenvalue weighted by atomic mass is 32.2. The van der Waals surface area contributed by atoms with Crippen molar-refractivity contribution in [3.8, 4) is 0 Å². The molecule has 0 saturated carbocycles. The molecule has 0 atom stereocenters. The zero-order chi connectivity index (χ0) is 27.3. The quantitative estimate of drug-likeness (QED) is 0.187. The summed E-state index contributed by atoms with van der Waals surface area (Å²) in [5.74, 6) is -0.284. The number of nitrogens with one attached hydrogen (secondary N) is 3. The van der Waals surface area contributed by atoms with Crippen molar-refractivity contribution in [1.82, 2.24) is 24.6 Å². The van der Waals surface area contributed by atoms with Gasteiger partial charge in [-0.15, -0.1) is 0 Å². The smallest absolute Gasteiger partial charge is 0.294 e. The molecule has 0 radical (unpaired) electrons. The number of aromatic nitrogens is 3. The van der Waals surface area contributed by atoms with Gasteiger partial charge in [-0.05, 0) is 18.2 Å². The summed E-state index contributed by atoms with van der Waals surface area (Å²) < 4.78 is 88.2. The van der Waals surface area contributed by atoms with Crippen molar-refractivity contribution in [2.24, 2.45) is 0 Å². The zero-order valence-corrected chi connectivity index (χ0v) is 22.2. The minimum Gasteiger partial charge on any atom is -0.353 e. The second-order valence-electron chi connectivity index (χ2n) is 8.12. The summed E-state index contributed by atoms with van der Waals surface area (Å²) in [6.07, 6.45) is 1.10. The van der Waals surface area contributed by atoms with Gasteiger partial charge in [-0.1, -0.05) is 6.07 Å². The van der Waals surface area contributed by atoms with Crippen LogP contribution in [0.5, 0.6) is 0 Å². The molecule has 1 fully saturated rings.